The Hall–Kier alpha value is -1.82. The second-order valence-electron chi connectivity index (χ2n) is 4.70. The number of hydrogen-bond acceptors (Lipinski definition) is 3. The molecule has 0 saturated heterocycles. The van der Waals surface area contributed by atoms with Gasteiger partial charge < -0.3 is 20.1 Å². The minimum Gasteiger partial charge on any atom is -0.477 e. The van der Waals surface area contributed by atoms with Crippen molar-refractivity contribution < 1.29 is 19.4 Å². The molecule has 1 atom stereocenters. The third-order valence-electron chi connectivity index (χ3n) is 2.94. The first-order valence-corrected chi connectivity index (χ1v) is 6.08. The number of carbonyl (C=O) groups is 2. The van der Waals surface area contributed by atoms with Crippen molar-refractivity contribution in [3.05, 3.63) is 22.5 Å². The van der Waals surface area contributed by atoms with E-state index in [1.165, 1.54) is 0 Å². The summed E-state index contributed by atoms with van der Waals surface area (Å²) in [6.07, 6.45) is 0. The van der Waals surface area contributed by atoms with Crippen LogP contribution in [0.1, 0.15) is 39.0 Å². The van der Waals surface area contributed by atoms with Crippen molar-refractivity contribution in [2.45, 2.75) is 20.8 Å². The molecule has 3 N–H and O–H groups in total. The molecule has 1 heterocycles. The van der Waals surface area contributed by atoms with Gasteiger partial charge in [-0.05, 0) is 25.3 Å². The highest BCUT2D eigenvalue weighted by molar-refractivity contribution is 6.00. The zero-order chi connectivity index (χ0) is 14.6. The van der Waals surface area contributed by atoms with E-state index in [0.717, 1.165) is 0 Å². The van der Waals surface area contributed by atoms with Crippen LogP contribution in [0.5, 0.6) is 0 Å². The standard InChI is InChI=1S/C13H20N2O4/c1-7(6-19-4)5-14-12(16)10-8(2)11(13(17)18)15-9(10)3/h7,15H,5-6H2,1-4H3,(H,14,16)(H,17,18). The molecule has 0 spiro atoms. The van der Waals surface area contributed by atoms with E-state index >= 15 is 0 Å². The van der Waals surface area contributed by atoms with Gasteiger partial charge in [-0.3, -0.25) is 4.79 Å². The van der Waals surface area contributed by atoms with Gasteiger partial charge in [0.2, 0.25) is 0 Å². The number of carbonyl (C=O) groups excluding carboxylic acids is 1. The van der Waals surface area contributed by atoms with Gasteiger partial charge in [-0.1, -0.05) is 6.92 Å². The number of amides is 1. The Bertz CT molecular complexity index is 479. The Labute approximate surface area is 112 Å². The fourth-order valence-corrected chi connectivity index (χ4v) is 2.00. The SMILES string of the molecule is COCC(C)CNC(=O)c1c(C)[nH]c(C(=O)O)c1C. The number of ether oxygens (including phenoxy) is 1. The quantitative estimate of drug-likeness (QED) is 0.726. The minimum absolute atomic E-state index is 0.0626. The Morgan fingerprint density at radius 2 is 2.05 bits per heavy atom. The average molecular weight is 268 g/mol. The van der Waals surface area contributed by atoms with E-state index in [1.54, 1.807) is 21.0 Å². The first kappa shape index (κ1) is 15.2. The van der Waals surface area contributed by atoms with Crippen LogP contribution < -0.4 is 5.32 Å². The summed E-state index contributed by atoms with van der Waals surface area (Å²) in [4.78, 5) is 25.8. The van der Waals surface area contributed by atoms with Crippen LogP contribution in [0.3, 0.4) is 0 Å². The highest BCUT2D eigenvalue weighted by Gasteiger charge is 2.21. The lowest BCUT2D eigenvalue weighted by Crippen LogP contribution is -2.30. The monoisotopic (exact) mass is 268 g/mol. The van der Waals surface area contributed by atoms with Crippen molar-refractivity contribution in [3.8, 4) is 0 Å². The highest BCUT2D eigenvalue weighted by Crippen LogP contribution is 2.17. The third-order valence-corrected chi connectivity index (χ3v) is 2.94. The Kier molecular flexibility index (Phi) is 5.11. The molecule has 0 saturated carbocycles. The van der Waals surface area contributed by atoms with Gasteiger partial charge in [-0.15, -0.1) is 0 Å². The zero-order valence-corrected chi connectivity index (χ0v) is 11.7. The molecule has 0 aromatic carbocycles. The predicted molar refractivity (Wildman–Crippen MR) is 70.6 cm³/mol. The summed E-state index contributed by atoms with van der Waals surface area (Å²) >= 11 is 0. The Morgan fingerprint density at radius 3 is 2.53 bits per heavy atom. The van der Waals surface area contributed by atoms with Crippen molar-refractivity contribution in [2.24, 2.45) is 5.92 Å². The number of carboxylic acids is 1. The molecule has 0 aliphatic heterocycles. The number of hydrogen-bond donors (Lipinski definition) is 3. The van der Waals surface area contributed by atoms with E-state index in [-0.39, 0.29) is 17.5 Å². The maximum absolute atomic E-state index is 12.1. The van der Waals surface area contributed by atoms with Gasteiger partial charge in [0.15, 0.2) is 0 Å². The van der Waals surface area contributed by atoms with Crippen molar-refractivity contribution in [3.63, 3.8) is 0 Å². The van der Waals surface area contributed by atoms with E-state index in [9.17, 15) is 9.59 Å². The Morgan fingerprint density at radius 1 is 1.42 bits per heavy atom. The highest BCUT2D eigenvalue weighted by atomic mass is 16.5. The van der Waals surface area contributed by atoms with Gasteiger partial charge in [0.25, 0.3) is 5.91 Å². The van der Waals surface area contributed by atoms with E-state index in [4.69, 9.17) is 9.84 Å². The predicted octanol–water partition coefficient (Wildman–Crippen LogP) is 1.34. The molecular weight excluding hydrogens is 248 g/mol. The lowest BCUT2D eigenvalue weighted by molar-refractivity contribution is 0.0690. The van der Waals surface area contributed by atoms with Crippen molar-refractivity contribution in [1.82, 2.24) is 10.3 Å². The number of nitrogens with one attached hydrogen (secondary N) is 2. The maximum Gasteiger partial charge on any atom is 0.352 e. The van der Waals surface area contributed by atoms with Gasteiger partial charge in [-0.25, -0.2) is 4.79 Å². The van der Waals surface area contributed by atoms with Gasteiger partial charge in [0.1, 0.15) is 5.69 Å². The number of aromatic nitrogens is 1. The number of aryl methyl sites for hydroxylation is 1. The summed E-state index contributed by atoms with van der Waals surface area (Å²) in [7, 11) is 1.61. The zero-order valence-electron chi connectivity index (χ0n) is 11.7. The molecule has 0 aliphatic rings. The van der Waals surface area contributed by atoms with Crippen LogP contribution in [0.25, 0.3) is 0 Å². The van der Waals surface area contributed by atoms with Crippen LogP contribution in [0, 0.1) is 19.8 Å². The first-order valence-electron chi connectivity index (χ1n) is 6.08. The summed E-state index contributed by atoms with van der Waals surface area (Å²) in [5.74, 6) is -1.12. The third kappa shape index (κ3) is 3.57. The van der Waals surface area contributed by atoms with Crippen LogP contribution >= 0.6 is 0 Å². The minimum atomic E-state index is -1.06. The topological polar surface area (TPSA) is 91.4 Å². The molecule has 6 heteroatoms. The molecule has 1 aromatic rings. The first-order chi connectivity index (χ1) is 8.88. The number of methoxy groups -OCH3 is 1. The molecule has 106 valence electrons. The maximum atomic E-state index is 12.1. The van der Waals surface area contributed by atoms with Gasteiger partial charge in [0.05, 0.1) is 12.2 Å². The molecule has 0 bridgehead atoms. The summed E-state index contributed by atoms with van der Waals surface area (Å²) in [6.45, 7) is 6.32. The number of H-pyrrole nitrogens is 1. The van der Waals surface area contributed by atoms with E-state index in [0.29, 0.717) is 30.0 Å². The second kappa shape index (κ2) is 6.38. The van der Waals surface area contributed by atoms with Crippen molar-refractivity contribution in [1.29, 1.82) is 0 Å². The molecule has 1 amide bonds. The van der Waals surface area contributed by atoms with Crippen LogP contribution in [0.4, 0.5) is 0 Å². The molecule has 1 rings (SSSR count). The summed E-state index contributed by atoms with van der Waals surface area (Å²) < 4.78 is 4.99. The molecule has 0 aliphatic carbocycles. The smallest absolute Gasteiger partial charge is 0.352 e. The number of rotatable bonds is 6. The molecular formula is C13H20N2O4. The normalized spacial score (nSPS) is 12.2. The van der Waals surface area contributed by atoms with Gasteiger partial charge in [0, 0.05) is 19.3 Å². The molecule has 0 radical (unpaired) electrons. The fourth-order valence-electron chi connectivity index (χ4n) is 2.00. The lowest BCUT2D eigenvalue weighted by Gasteiger charge is -2.11. The summed E-state index contributed by atoms with van der Waals surface area (Å²) in [5, 5.41) is 11.8. The van der Waals surface area contributed by atoms with Crippen LogP contribution in [0.15, 0.2) is 0 Å². The number of aromatic carboxylic acids is 1. The fraction of sp³-hybridized carbons (Fsp3) is 0.538. The van der Waals surface area contributed by atoms with Crippen LogP contribution in [0.2, 0.25) is 0 Å². The van der Waals surface area contributed by atoms with Gasteiger partial charge in [-0.2, -0.15) is 0 Å². The largest absolute Gasteiger partial charge is 0.477 e. The van der Waals surface area contributed by atoms with Crippen LogP contribution in [-0.2, 0) is 4.74 Å². The van der Waals surface area contributed by atoms with Crippen molar-refractivity contribution >= 4 is 11.9 Å². The number of aromatic amines is 1. The average Bonchev–Trinajstić information content (AvgIpc) is 2.62. The summed E-state index contributed by atoms with van der Waals surface area (Å²) in [6, 6.07) is 0. The molecule has 6 nitrogen and oxygen atoms in total. The van der Waals surface area contributed by atoms with Crippen molar-refractivity contribution in [2.75, 3.05) is 20.3 Å². The lowest BCUT2D eigenvalue weighted by atomic mass is 10.1. The number of carboxylic acid groups (broad SMARTS) is 1. The van der Waals surface area contributed by atoms with E-state index in [2.05, 4.69) is 10.3 Å². The van der Waals surface area contributed by atoms with E-state index < -0.39 is 5.97 Å². The molecule has 0 fully saturated rings. The van der Waals surface area contributed by atoms with Gasteiger partial charge >= 0.3 is 5.97 Å². The molecule has 19 heavy (non-hydrogen) atoms. The van der Waals surface area contributed by atoms with Crippen LogP contribution in [-0.4, -0.2) is 42.2 Å². The second-order valence-corrected chi connectivity index (χ2v) is 4.70. The molecule has 1 aromatic heterocycles. The molecule has 1 unspecified atom stereocenters. The van der Waals surface area contributed by atoms with E-state index in [1.807, 2.05) is 6.92 Å². The summed E-state index contributed by atoms with van der Waals surface area (Å²) in [5.41, 5.74) is 1.49. The Balaban J connectivity index is 2.80.